The van der Waals surface area contributed by atoms with E-state index in [2.05, 4.69) is 35.4 Å². The quantitative estimate of drug-likeness (QED) is 0.331. The average molecular weight is 448 g/mol. The Bertz CT molecular complexity index is 1170. The Morgan fingerprint density at radius 3 is 2.29 bits per heavy atom. The Hall–Kier alpha value is -2.67. The van der Waals surface area contributed by atoms with E-state index in [1.807, 2.05) is 67.5 Å². The summed E-state index contributed by atoms with van der Waals surface area (Å²) in [5.41, 5.74) is 3.88. The first-order valence-corrected chi connectivity index (χ1v) is 12.2. The van der Waals surface area contributed by atoms with Gasteiger partial charge in [-0.05, 0) is 55.7 Å². The summed E-state index contributed by atoms with van der Waals surface area (Å²) in [5.74, 6) is -0.0220. The molecule has 31 heavy (non-hydrogen) atoms. The molecule has 4 nitrogen and oxygen atoms in total. The molecule has 1 heterocycles. The molecule has 4 rings (SSSR count). The van der Waals surface area contributed by atoms with Gasteiger partial charge in [-0.1, -0.05) is 59.9 Å². The highest BCUT2D eigenvalue weighted by Crippen LogP contribution is 2.34. The normalized spacial score (nSPS) is 11.2. The van der Waals surface area contributed by atoms with Crippen LogP contribution in [-0.2, 0) is 0 Å². The van der Waals surface area contributed by atoms with E-state index >= 15 is 0 Å². The Balaban J connectivity index is 1.67. The molecule has 0 radical (unpaired) electrons. The number of fused-ring (bicyclic) bond motifs is 1. The lowest BCUT2D eigenvalue weighted by Crippen LogP contribution is -2.36. The molecular weight excluding hydrogens is 422 g/mol. The van der Waals surface area contributed by atoms with E-state index in [1.165, 1.54) is 0 Å². The van der Waals surface area contributed by atoms with Gasteiger partial charge in [0.25, 0.3) is 5.91 Å². The van der Waals surface area contributed by atoms with Crippen LogP contribution in [0.5, 0.6) is 0 Å². The highest BCUT2D eigenvalue weighted by molar-refractivity contribution is 7.98. The van der Waals surface area contributed by atoms with Crippen LogP contribution < -0.4 is 4.90 Å². The van der Waals surface area contributed by atoms with Crippen LogP contribution in [0.2, 0.25) is 0 Å². The van der Waals surface area contributed by atoms with E-state index < -0.39 is 0 Å². The number of carbonyl (C=O) groups excluding carboxylic acids is 1. The van der Waals surface area contributed by atoms with Crippen molar-refractivity contribution in [1.82, 2.24) is 9.88 Å². The van der Waals surface area contributed by atoms with Gasteiger partial charge in [0.1, 0.15) is 0 Å². The Labute approximate surface area is 191 Å². The predicted molar refractivity (Wildman–Crippen MR) is 134 cm³/mol. The van der Waals surface area contributed by atoms with Crippen LogP contribution in [0.4, 0.5) is 5.13 Å². The number of likely N-dealkylation sites (N-methyl/N-ethyl adjacent to an activating group) is 1. The average Bonchev–Trinajstić information content (AvgIpc) is 3.23. The minimum Gasteiger partial charge on any atom is -0.308 e. The Kier molecular flexibility index (Phi) is 6.70. The van der Waals surface area contributed by atoms with Gasteiger partial charge in [-0.3, -0.25) is 9.69 Å². The molecule has 158 valence electrons. The second-order valence-electron chi connectivity index (χ2n) is 7.51. The molecular formula is C25H25N3OS2. The van der Waals surface area contributed by atoms with E-state index in [0.29, 0.717) is 12.1 Å². The lowest BCUT2D eigenvalue weighted by atomic mass is 10.0. The summed E-state index contributed by atoms with van der Waals surface area (Å²) in [6.45, 7) is 1.35. The summed E-state index contributed by atoms with van der Waals surface area (Å²) >= 11 is 3.25. The summed E-state index contributed by atoms with van der Waals surface area (Å²) in [6, 6.07) is 24.2. The van der Waals surface area contributed by atoms with Crippen molar-refractivity contribution >= 4 is 44.4 Å². The summed E-state index contributed by atoms with van der Waals surface area (Å²) < 4.78 is 1.10. The molecule has 4 aromatic rings. The number of benzene rings is 3. The molecule has 6 heteroatoms. The number of carbonyl (C=O) groups is 1. The summed E-state index contributed by atoms with van der Waals surface area (Å²) in [6.07, 6.45) is 2.05. The van der Waals surface area contributed by atoms with E-state index in [-0.39, 0.29) is 5.91 Å². The number of nitrogens with zero attached hydrogens (tertiary/aromatic N) is 3. The summed E-state index contributed by atoms with van der Waals surface area (Å²) in [5, 5.41) is 0.746. The number of aromatic nitrogens is 1. The van der Waals surface area contributed by atoms with E-state index in [0.717, 1.165) is 37.9 Å². The molecule has 0 aliphatic heterocycles. The predicted octanol–water partition coefficient (Wildman–Crippen LogP) is 5.89. The van der Waals surface area contributed by atoms with Gasteiger partial charge in [0.05, 0.1) is 10.2 Å². The fourth-order valence-electron chi connectivity index (χ4n) is 3.37. The zero-order chi connectivity index (χ0) is 21.8. The molecule has 0 fully saturated rings. The molecule has 1 aromatic heterocycles. The van der Waals surface area contributed by atoms with Crippen molar-refractivity contribution in [2.24, 2.45) is 0 Å². The summed E-state index contributed by atoms with van der Waals surface area (Å²) in [7, 11) is 4.03. The van der Waals surface area contributed by atoms with Crippen molar-refractivity contribution in [1.29, 1.82) is 0 Å². The lowest BCUT2D eigenvalue weighted by molar-refractivity contribution is 0.0985. The SMILES string of the molecule is CSc1cccc2sc(N(CCN(C)C)C(=O)c3ccc(-c4ccccc4)cc3)nc12. The highest BCUT2D eigenvalue weighted by Gasteiger charge is 2.22. The maximum absolute atomic E-state index is 13.5. The van der Waals surface area contributed by atoms with Gasteiger partial charge in [0, 0.05) is 23.5 Å². The number of thioether (sulfide) groups is 1. The third-order valence-corrected chi connectivity index (χ3v) is 6.89. The number of para-hydroxylation sites is 1. The largest absolute Gasteiger partial charge is 0.308 e. The zero-order valence-electron chi connectivity index (χ0n) is 17.9. The fourth-order valence-corrected chi connectivity index (χ4v) is 5.01. The molecule has 0 aliphatic carbocycles. The van der Waals surface area contributed by atoms with Gasteiger partial charge in [-0.2, -0.15) is 0 Å². The third kappa shape index (κ3) is 4.82. The molecule has 3 aromatic carbocycles. The van der Waals surface area contributed by atoms with Crippen LogP contribution in [0.1, 0.15) is 10.4 Å². The number of thiazole rings is 1. The monoisotopic (exact) mass is 447 g/mol. The minimum absolute atomic E-state index is 0.0220. The van der Waals surface area contributed by atoms with Crippen molar-refractivity contribution in [2.45, 2.75) is 4.90 Å². The zero-order valence-corrected chi connectivity index (χ0v) is 19.5. The molecule has 0 atom stereocenters. The molecule has 0 saturated carbocycles. The maximum atomic E-state index is 13.5. The molecule has 0 bridgehead atoms. The van der Waals surface area contributed by atoms with Crippen LogP contribution in [0.15, 0.2) is 77.7 Å². The van der Waals surface area contributed by atoms with Gasteiger partial charge in [-0.25, -0.2) is 4.98 Å². The molecule has 0 spiro atoms. The van der Waals surface area contributed by atoms with Gasteiger partial charge in [0.15, 0.2) is 5.13 Å². The molecule has 1 amide bonds. The Morgan fingerprint density at radius 1 is 0.903 bits per heavy atom. The lowest BCUT2D eigenvalue weighted by Gasteiger charge is -2.22. The van der Waals surface area contributed by atoms with Gasteiger partial charge in [0.2, 0.25) is 0 Å². The van der Waals surface area contributed by atoms with Crippen molar-refractivity contribution in [3.63, 3.8) is 0 Å². The number of rotatable bonds is 7. The Morgan fingerprint density at radius 2 is 1.61 bits per heavy atom. The first kappa shape index (κ1) is 21.6. The van der Waals surface area contributed by atoms with Crippen LogP contribution in [-0.4, -0.2) is 49.2 Å². The van der Waals surface area contributed by atoms with Crippen LogP contribution >= 0.6 is 23.1 Å². The number of anilines is 1. The van der Waals surface area contributed by atoms with Crippen LogP contribution in [0.25, 0.3) is 21.3 Å². The van der Waals surface area contributed by atoms with Gasteiger partial charge >= 0.3 is 0 Å². The van der Waals surface area contributed by atoms with E-state index in [9.17, 15) is 4.79 Å². The van der Waals surface area contributed by atoms with Crippen molar-refractivity contribution < 1.29 is 4.79 Å². The first-order chi connectivity index (χ1) is 15.1. The standard InChI is InChI=1S/C25H25N3OS2/c1-27(2)16-17-28(25-26-23-21(30-3)10-7-11-22(23)31-25)24(29)20-14-12-19(13-15-20)18-8-5-4-6-9-18/h4-15H,16-17H2,1-3H3. The topological polar surface area (TPSA) is 36.4 Å². The van der Waals surface area contributed by atoms with Crippen molar-refractivity contribution in [3.05, 3.63) is 78.4 Å². The second kappa shape index (κ2) is 9.64. The van der Waals surface area contributed by atoms with Crippen LogP contribution in [0.3, 0.4) is 0 Å². The van der Waals surface area contributed by atoms with Gasteiger partial charge < -0.3 is 4.90 Å². The highest BCUT2D eigenvalue weighted by atomic mass is 32.2. The minimum atomic E-state index is -0.0220. The fraction of sp³-hybridized carbons (Fsp3) is 0.200. The first-order valence-electron chi connectivity index (χ1n) is 10.1. The smallest absolute Gasteiger partial charge is 0.260 e. The van der Waals surface area contributed by atoms with Crippen molar-refractivity contribution in [3.8, 4) is 11.1 Å². The second-order valence-corrected chi connectivity index (χ2v) is 9.36. The van der Waals surface area contributed by atoms with Gasteiger partial charge in [-0.15, -0.1) is 11.8 Å². The van der Waals surface area contributed by atoms with E-state index in [4.69, 9.17) is 4.98 Å². The molecule has 0 unspecified atom stereocenters. The molecule has 0 N–H and O–H groups in total. The third-order valence-electron chi connectivity index (χ3n) is 5.08. The van der Waals surface area contributed by atoms with E-state index in [1.54, 1.807) is 23.1 Å². The number of hydrogen-bond acceptors (Lipinski definition) is 5. The van der Waals surface area contributed by atoms with Crippen LogP contribution in [0, 0.1) is 0 Å². The summed E-state index contributed by atoms with van der Waals surface area (Å²) in [4.78, 5) is 23.4. The molecule has 0 aliphatic rings. The maximum Gasteiger partial charge on any atom is 0.260 e. The molecule has 0 saturated heterocycles. The van der Waals surface area contributed by atoms with Crippen molar-refractivity contribution in [2.75, 3.05) is 38.3 Å². The number of hydrogen-bond donors (Lipinski definition) is 0. The number of amides is 1.